The fourth-order valence-corrected chi connectivity index (χ4v) is 1.61. The van der Waals surface area contributed by atoms with Crippen LogP contribution in [0.3, 0.4) is 0 Å². The van der Waals surface area contributed by atoms with Gasteiger partial charge in [0.2, 0.25) is 0 Å². The Morgan fingerprint density at radius 3 is 1.81 bits per heavy atom. The summed E-state index contributed by atoms with van der Waals surface area (Å²) >= 11 is 0. The molecule has 0 unspecified atom stereocenters. The van der Waals surface area contributed by atoms with Crippen LogP contribution < -0.4 is 16.4 Å². The quantitative estimate of drug-likeness (QED) is 0.447. The molecule has 0 saturated heterocycles. The second-order valence-electron chi connectivity index (χ2n) is 4.89. The van der Waals surface area contributed by atoms with Gasteiger partial charge >= 0.3 is 0 Å². The first-order chi connectivity index (χ1) is 7.77. The SMILES string of the molecule is CC(C)CCCNCCCCNCCCN. The molecule has 0 aliphatic heterocycles. The first-order valence-corrected chi connectivity index (χ1v) is 6.89. The molecule has 0 heterocycles. The van der Waals surface area contributed by atoms with Crippen molar-refractivity contribution in [3.8, 4) is 0 Å². The number of nitrogens with two attached hydrogens (primary N) is 1. The van der Waals surface area contributed by atoms with E-state index in [1.165, 1.54) is 32.2 Å². The molecule has 0 aromatic carbocycles. The number of nitrogens with one attached hydrogen (secondary N) is 2. The summed E-state index contributed by atoms with van der Waals surface area (Å²) in [7, 11) is 0. The molecule has 0 aromatic heterocycles. The van der Waals surface area contributed by atoms with Crippen LogP contribution in [-0.2, 0) is 0 Å². The molecule has 0 bridgehead atoms. The fraction of sp³-hybridized carbons (Fsp3) is 1.00. The highest BCUT2D eigenvalue weighted by atomic mass is 14.9. The van der Waals surface area contributed by atoms with Crippen LogP contribution >= 0.6 is 0 Å². The molecule has 0 aliphatic rings. The van der Waals surface area contributed by atoms with Crippen molar-refractivity contribution in [3.05, 3.63) is 0 Å². The lowest BCUT2D eigenvalue weighted by atomic mass is 10.1. The Morgan fingerprint density at radius 2 is 1.31 bits per heavy atom. The first-order valence-electron chi connectivity index (χ1n) is 6.89. The van der Waals surface area contributed by atoms with E-state index in [0.717, 1.165) is 38.5 Å². The molecule has 0 fully saturated rings. The average molecular weight is 229 g/mol. The zero-order chi connectivity index (χ0) is 12.1. The van der Waals surface area contributed by atoms with Crippen LogP contribution in [0.1, 0.15) is 46.0 Å². The van der Waals surface area contributed by atoms with E-state index in [2.05, 4.69) is 24.5 Å². The molecule has 98 valence electrons. The molecule has 0 radical (unpaired) electrons. The number of unbranched alkanes of at least 4 members (excludes halogenated alkanes) is 1. The molecular formula is C13H31N3. The summed E-state index contributed by atoms with van der Waals surface area (Å²) in [6, 6.07) is 0. The van der Waals surface area contributed by atoms with Crippen molar-refractivity contribution in [2.24, 2.45) is 11.7 Å². The minimum absolute atomic E-state index is 0.796. The molecule has 4 N–H and O–H groups in total. The van der Waals surface area contributed by atoms with Crippen LogP contribution in [0.25, 0.3) is 0 Å². The van der Waals surface area contributed by atoms with E-state index in [9.17, 15) is 0 Å². The Hall–Kier alpha value is -0.120. The smallest absolute Gasteiger partial charge is 0.00369 e. The Morgan fingerprint density at radius 1 is 0.812 bits per heavy atom. The normalized spacial score (nSPS) is 11.2. The van der Waals surface area contributed by atoms with Gasteiger partial charge in [0.25, 0.3) is 0 Å². The number of rotatable bonds is 12. The summed E-state index contributed by atoms with van der Waals surface area (Å²) in [5.74, 6) is 0.841. The van der Waals surface area contributed by atoms with Crippen LogP contribution in [0.5, 0.6) is 0 Å². The molecule has 16 heavy (non-hydrogen) atoms. The molecule has 0 spiro atoms. The summed E-state index contributed by atoms with van der Waals surface area (Å²) < 4.78 is 0. The van der Waals surface area contributed by atoms with Crippen molar-refractivity contribution in [1.82, 2.24) is 10.6 Å². The lowest BCUT2D eigenvalue weighted by Gasteiger charge is -2.07. The van der Waals surface area contributed by atoms with Gasteiger partial charge in [0, 0.05) is 0 Å². The van der Waals surface area contributed by atoms with E-state index in [-0.39, 0.29) is 0 Å². The highest BCUT2D eigenvalue weighted by molar-refractivity contribution is 4.53. The van der Waals surface area contributed by atoms with Crippen LogP contribution in [0.15, 0.2) is 0 Å². The Balaban J connectivity index is 2.88. The lowest BCUT2D eigenvalue weighted by molar-refractivity contribution is 0.516. The maximum Gasteiger partial charge on any atom is -0.00369 e. The van der Waals surface area contributed by atoms with E-state index in [1.807, 2.05) is 0 Å². The van der Waals surface area contributed by atoms with Crippen molar-refractivity contribution in [2.75, 3.05) is 32.7 Å². The van der Waals surface area contributed by atoms with Gasteiger partial charge in [0.05, 0.1) is 0 Å². The van der Waals surface area contributed by atoms with Crippen LogP contribution in [0.4, 0.5) is 0 Å². The van der Waals surface area contributed by atoms with Gasteiger partial charge in [-0.2, -0.15) is 0 Å². The van der Waals surface area contributed by atoms with Crippen LogP contribution in [0.2, 0.25) is 0 Å². The molecule has 0 aliphatic carbocycles. The van der Waals surface area contributed by atoms with E-state index < -0.39 is 0 Å². The first kappa shape index (κ1) is 15.9. The van der Waals surface area contributed by atoms with Crippen molar-refractivity contribution in [2.45, 2.75) is 46.0 Å². The maximum atomic E-state index is 5.41. The van der Waals surface area contributed by atoms with Gasteiger partial charge in [-0.05, 0) is 70.7 Å². The van der Waals surface area contributed by atoms with Gasteiger partial charge in [-0.1, -0.05) is 13.8 Å². The third-order valence-corrected chi connectivity index (χ3v) is 2.65. The molecule has 0 atom stereocenters. The van der Waals surface area contributed by atoms with E-state index in [4.69, 9.17) is 5.73 Å². The average Bonchev–Trinajstić information content (AvgIpc) is 2.25. The zero-order valence-electron chi connectivity index (χ0n) is 11.2. The summed E-state index contributed by atoms with van der Waals surface area (Å²) in [6.45, 7) is 9.91. The van der Waals surface area contributed by atoms with Gasteiger partial charge in [-0.25, -0.2) is 0 Å². The second kappa shape index (κ2) is 12.9. The summed E-state index contributed by atoms with van der Waals surface area (Å²) in [6.07, 6.45) is 6.28. The monoisotopic (exact) mass is 229 g/mol. The Kier molecular flexibility index (Phi) is 12.9. The van der Waals surface area contributed by atoms with E-state index in [1.54, 1.807) is 0 Å². The van der Waals surface area contributed by atoms with Gasteiger partial charge in [-0.15, -0.1) is 0 Å². The summed E-state index contributed by atoms with van der Waals surface area (Å²) in [4.78, 5) is 0. The minimum Gasteiger partial charge on any atom is -0.330 e. The highest BCUT2D eigenvalue weighted by Gasteiger charge is 1.93. The van der Waals surface area contributed by atoms with Gasteiger partial charge in [-0.3, -0.25) is 0 Å². The fourth-order valence-electron chi connectivity index (χ4n) is 1.61. The highest BCUT2D eigenvalue weighted by Crippen LogP contribution is 2.01. The molecule has 3 heteroatoms. The van der Waals surface area contributed by atoms with Gasteiger partial charge in [0.15, 0.2) is 0 Å². The molecule has 0 rings (SSSR count). The van der Waals surface area contributed by atoms with E-state index in [0.29, 0.717) is 0 Å². The zero-order valence-corrected chi connectivity index (χ0v) is 11.2. The van der Waals surface area contributed by atoms with E-state index >= 15 is 0 Å². The van der Waals surface area contributed by atoms with Crippen molar-refractivity contribution >= 4 is 0 Å². The van der Waals surface area contributed by atoms with Gasteiger partial charge in [0.1, 0.15) is 0 Å². The molecule has 0 amide bonds. The molecule has 0 saturated carbocycles. The maximum absolute atomic E-state index is 5.41. The third-order valence-electron chi connectivity index (χ3n) is 2.65. The van der Waals surface area contributed by atoms with Crippen molar-refractivity contribution < 1.29 is 0 Å². The number of hydrogen-bond acceptors (Lipinski definition) is 3. The Labute approximate surface area is 102 Å². The lowest BCUT2D eigenvalue weighted by Crippen LogP contribution is -2.21. The topological polar surface area (TPSA) is 50.1 Å². The third kappa shape index (κ3) is 13.9. The van der Waals surface area contributed by atoms with Gasteiger partial charge < -0.3 is 16.4 Å². The Bertz CT molecular complexity index is 126. The number of hydrogen-bond donors (Lipinski definition) is 3. The summed E-state index contributed by atoms with van der Waals surface area (Å²) in [5.41, 5.74) is 5.41. The van der Waals surface area contributed by atoms with Crippen LogP contribution in [-0.4, -0.2) is 32.7 Å². The standard InChI is InChI=1S/C13H31N3/c1-13(2)7-5-11-15-9-3-4-10-16-12-6-8-14/h13,15-16H,3-12,14H2,1-2H3. The molecular weight excluding hydrogens is 198 g/mol. The predicted octanol–water partition coefficient (Wildman–Crippen LogP) is 1.73. The summed E-state index contributed by atoms with van der Waals surface area (Å²) in [5, 5.41) is 6.89. The van der Waals surface area contributed by atoms with Crippen molar-refractivity contribution in [1.29, 1.82) is 0 Å². The predicted molar refractivity (Wildman–Crippen MR) is 72.7 cm³/mol. The molecule has 3 nitrogen and oxygen atoms in total. The minimum atomic E-state index is 0.796. The van der Waals surface area contributed by atoms with Crippen LogP contribution in [0, 0.1) is 5.92 Å². The second-order valence-corrected chi connectivity index (χ2v) is 4.89. The molecule has 0 aromatic rings. The van der Waals surface area contributed by atoms with Crippen molar-refractivity contribution in [3.63, 3.8) is 0 Å². The largest absolute Gasteiger partial charge is 0.330 e.